The van der Waals surface area contributed by atoms with Crippen LogP contribution in [0.2, 0.25) is 0 Å². The number of carbonyl (C=O) groups is 1. The maximum Gasteiger partial charge on any atom is 0.203 e. The average Bonchev–Trinajstić information content (AvgIpc) is 2.59. The zero-order valence-corrected chi connectivity index (χ0v) is 14.6. The monoisotopic (exact) mass is 321 g/mol. The molecule has 0 N–H and O–H groups in total. The number of methoxy groups -OCH3 is 3. The molecule has 1 saturated heterocycles. The van der Waals surface area contributed by atoms with Crippen LogP contribution in [0.15, 0.2) is 12.1 Å². The van der Waals surface area contributed by atoms with Crippen LogP contribution >= 0.6 is 0 Å². The Morgan fingerprint density at radius 2 is 1.78 bits per heavy atom. The first kappa shape index (κ1) is 17.4. The molecule has 0 aromatic heterocycles. The summed E-state index contributed by atoms with van der Waals surface area (Å²) in [6.45, 7) is 3.65. The molecule has 0 amide bonds. The minimum atomic E-state index is 0.128. The fourth-order valence-electron chi connectivity index (χ4n) is 3.10. The van der Waals surface area contributed by atoms with E-state index >= 15 is 0 Å². The number of ketones is 1. The van der Waals surface area contributed by atoms with Crippen LogP contribution in [-0.4, -0.2) is 40.2 Å². The molecule has 1 aromatic rings. The van der Waals surface area contributed by atoms with Gasteiger partial charge in [0, 0.05) is 43.2 Å². The van der Waals surface area contributed by atoms with E-state index in [0.29, 0.717) is 29.5 Å². The molecule has 1 aliphatic heterocycles. The van der Waals surface area contributed by atoms with Crippen LogP contribution in [0.3, 0.4) is 0 Å². The van der Waals surface area contributed by atoms with Crippen molar-refractivity contribution < 1.29 is 19.0 Å². The summed E-state index contributed by atoms with van der Waals surface area (Å²) in [5.74, 6) is 2.40. The third kappa shape index (κ3) is 3.89. The van der Waals surface area contributed by atoms with Gasteiger partial charge < -0.3 is 19.1 Å². The van der Waals surface area contributed by atoms with E-state index in [1.165, 1.54) is 0 Å². The van der Waals surface area contributed by atoms with Gasteiger partial charge in [-0.2, -0.15) is 0 Å². The van der Waals surface area contributed by atoms with Crippen molar-refractivity contribution in [3.8, 4) is 17.2 Å². The van der Waals surface area contributed by atoms with Gasteiger partial charge in [-0.1, -0.05) is 19.8 Å². The first-order valence-electron chi connectivity index (χ1n) is 8.22. The lowest BCUT2D eigenvalue weighted by molar-refractivity contribution is -0.123. The van der Waals surface area contributed by atoms with Crippen molar-refractivity contribution in [2.24, 2.45) is 5.92 Å². The predicted octanol–water partition coefficient (Wildman–Crippen LogP) is 3.30. The van der Waals surface area contributed by atoms with Crippen molar-refractivity contribution >= 4 is 11.5 Å². The van der Waals surface area contributed by atoms with Crippen LogP contribution in [0, 0.1) is 5.92 Å². The molecule has 0 radical (unpaired) electrons. The molecule has 1 heterocycles. The Kier molecular flexibility index (Phi) is 6.13. The summed E-state index contributed by atoms with van der Waals surface area (Å²) in [5.41, 5.74) is 1.01. The molecular weight excluding hydrogens is 294 g/mol. The van der Waals surface area contributed by atoms with Gasteiger partial charge in [0.1, 0.15) is 5.78 Å². The first-order chi connectivity index (χ1) is 11.1. The van der Waals surface area contributed by atoms with E-state index in [1.807, 2.05) is 12.1 Å². The largest absolute Gasteiger partial charge is 0.493 e. The van der Waals surface area contributed by atoms with Crippen molar-refractivity contribution in [3.05, 3.63) is 12.1 Å². The highest BCUT2D eigenvalue weighted by molar-refractivity contribution is 5.83. The summed E-state index contributed by atoms with van der Waals surface area (Å²) < 4.78 is 16.2. The summed E-state index contributed by atoms with van der Waals surface area (Å²) in [6, 6.07) is 3.90. The second kappa shape index (κ2) is 8.09. The molecular formula is C18H27NO4. The van der Waals surface area contributed by atoms with Gasteiger partial charge in [0.15, 0.2) is 11.5 Å². The summed E-state index contributed by atoms with van der Waals surface area (Å²) >= 11 is 0. The van der Waals surface area contributed by atoms with Gasteiger partial charge in [0.05, 0.1) is 21.3 Å². The van der Waals surface area contributed by atoms with E-state index in [1.54, 1.807) is 21.3 Å². The Hall–Kier alpha value is -1.91. The van der Waals surface area contributed by atoms with Crippen LogP contribution in [0.4, 0.5) is 5.69 Å². The number of Topliss-reactive ketones (excluding diaryl/α,β-unsaturated/α-hetero) is 1. The highest BCUT2D eigenvalue weighted by atomic mass is 16.5. The van der Waals surface area contributed by atoms with Gasteiger partial charge in [-0.3, -0.25) is 4.79 Å². The molecule has 5 nitrogen and oxygen atoms in total. The van der Waals surface area contributed by atoms with Crippen LogP contribution < -0.4 is 19.1 Å². The Labute approximate surface area is 138 Å². The smallest absolute Gasteiger partial charge is 0.203 e. The first-order valence-corrected chi connectivity index (χ1v) is 8.22. The fourth-order valence-corrected chi connectivity index (χ4v) is 3.10. The van der Waals surface area contributed by atoms with Crippen molar-refractivity contribution in [3.63, 3.8) is 0 Å². The lowest BCUT2D eigenvalue weighted by Gasteiger charge is -2.34. The number of rotatable bonds is 7. The standard InChI is InChI=1S/C18H27NO4/c1-5-6-7-13-12-19(9-8-15(13)20)14-10-16(21-2)18(23-4)17(11-14)22-3/h10-11,13H,5-9,12H2,1-4H3/t13-/m0/s1. The lowest BCUT2D eigenvalue weighted by atomic mass is 9.91. The van der Waals surface area contributed by atoms with Crippen molar-refractivity contribution in [1.29, 1.82) is 0 Å². The minimum Gasteiger partial charge on any atom is -0.493 e. The van der Waals surface area contributed by atoms with Gasteiger partial charge in [0.2, 0.25) is 5.75 Å². The lowest BCUT2D eigenvalue weighted by Crippen LogP contribution is -2.40. The third-order valence-corrected chi connectivity index (χ3v) is 4.45. The number of hydrogen-bond acceptors (Lipinski definition) is 5. The van der Waals surface area contributed by atoms with Crippen LogP contribution in [0.1, 0.15) is 32.6 Å². The van der Waals surface area contributed by atoms with Crippen molar-refractivity contribution in [2.75, 3.05) is 39.3 Å². The molecule has 1 atom stereocenters. The summed E-state index contributed by atoms with van der Waals surface area (Å²) in [7, 11) is 4.83. The molecule has 0 spiro atoms. The normalized spacial score (nSPS) is 18.0. The number of piperidine rings is 1. The molecule has 1 aromatic carbocycles. The molecule has 0 aliphatic carbocycles. The van der Waals surface area contributed by atoms with Crippen molar-refractivity contribution in [2.45, 2.75) is 32.6 Å². The molecule has 0 saturated carbocycles. The zero-order chi connectivity index (χ0) is 16.8. The number of unbranched alkanes of at least 4 members (excludes halogenated alkanes) is 1. The van der Waals surface area contributed by atoms with E-state index in [2.05, 4.69) is 11.8 Å². The fraction of sp³-hybridized carbons (Fsp3) is 0.611. The quantitative estimate of drug-likeness (QED) is 0.771. The number of ether oxygens (including phenoxy) is 3. The van der Waals surface area contributed by atoms with Gasteiger partial charge in [-0.15, -0.1) is 0 Å². The number of anilines is 1. The highest BCUT2D eigenvalue weighted by Gasteiger charge is 2.28. The molecule has 2 rings (SSSR count). The summed E-state index contributed by atoms with van der Waals surface area (Å²) in [6.07, 6.45) is 3.79. The van der Waals surface area contributed by atoms with E-state index in [-0.39, 0.29) is 5.92 Å². The summed E-state index contributed by atoms with van der Waals surface area (Å²) in [5, 5.41) is 0. The van der Waals surface area contributed by atoms with E-state index in [0.717, 1.165) is 38.0 Å². The van der Waals surface area contributed by atoms with Crippen LogP contribution in [0.25, 0.3) is 0 Å². The Morgan fingerprint density at radius 3 is 2.30 bits per heavy atom. The predicted molar refractivity (Wildman–Crippen MR) is 91.0 cm³/mol. The topological polar surface area (TPSA) is 48.0 Å². The molecule has 128 valence electrons. The maximum absolute atomic E-state index is 12.1. The molecule has 0 bridgehead atoms. The number of benzene rings is 1. The van der Waals surface area contributed by atoms with Crippen LogP contribution in [0.5, 0.6) is 17.2 Å². The highest BCUT2D eigenvalue weighted by Crippen LogP contribution is 2.41. The SMILES string of the molecule is CCCC[C@H]1CN(c2cc(OC)c(OC)c(OC)c2)CCC1=O. The average molecular weight is 321 g/mol. The van der Waals surface area contributed by atoms with Gasteiger partial charge >= 0.3 is 0 Å². The number of hydrogen-bond donors (Lipinski definition) is 0. The third-order valence-electron chi connectivity index (χ3n) is 4.45. The second-order valence-corrected chi connectivity index (χ2v) is 5.89. The van der Waals surface area contributed by atoms with Gasteiger partial charge in [-0.25, -0.2) is 0 Å². The molecule has 5 heteroatoms. The van der Waals surface area contributed by atoms with E-state index in [4.69, 9.17) is 14.2 Å². The Bertz CT molecular complexity index is 519. The number of nitrogens with zero attached hydrogens (tertiary/aromatic N) is 1. The zero-order valence-electron chi connectivity index (χ0n) is 14.6. The maximum atomic E-state index is 12.1. The van der Waals surface area contributed by atoms with E-state index < -0.39 is 0 Å². The Balaban J connectivity index is 2.25. The van der Waals surface area contributed by atoms with Gasteiger partial charge in [0.25, 0.3) is 0 Å². The molecule has 23 heavy (non-hydrogen) atoms. The minimum absolute atomic E-state index is 0.128. The van der Waals surface area contributed by atoms with E-state index in [9.17, 15) is 4.79 Å². The summed E-state index contributed by atoms with van der Waals surface area (Å²) in [4.78, 5) is 14.4. The molecule has 0 unspecified atom stereocenters. The number of carbonyl (C=O) groups excluding carboxylic acids is 1. The van der Waals surface area contributed by atoms with Crippen LogP contribution in [-0.2, 0) is 4.79 Å². The van der Waals surface area contributed by atoms with Gasteiger partial charge in [-0.05, 0) is 6.42 Å². The molecule has 1 fully saturated rings. The Morgan fingerprint density at radius 1 is 1.13 bits per heavy atom. The second-order valence-electron chi connectivity index (χ2n) is 5.89. The van der Waals surface area contributed by atoms with Crippen molar-refractivity contribution in [1.82, 2.24) is 0 Å². The molecule has 1 aliphatic rings.